The first kappa shape index (κ1) is 14.3. The smallest absolute Gasteiger partial charge is 0.263 e. The SMILES string of the molecule is c1ccc(Oc2cccnc2Oc2cccc3ccccc23)cc1. The third-order valence-corrected chi connectivity index (χ3v) is 3.66. The van der Waals surface area contributed by atoms with Crippen molar-refractivity contribution in [2.24, 2.45) is 0 Å². The van der Waals surface area contributed by atoms with Gasteiger partial charge in [0.1, 0.15) is 11.5 Å². The molecule has 0 N–H and O–H groups in total. The zero-order chi connectivity index (χ0) is 16.2. The lowest BCUT2D eigenvalue weighted by molar-refractivity contribution is 0.407. The first-order chi connectivity index (χ1) is 11.9. The van der Waals surface area contributed by atoms with Crippen LogP contribution in [0, 0.1) is 0 Å². The van der Waals surface area contributed by atoms with Crippen LogP contribution in [0.3, 0.4) is 0 Å². The highest BCUT2D eigenvalue weighted by molar-refractivity contribution is 5.88. The number of pyridine rings is 1. The van der Waals surface area contributed by atoms with E-state index in [1.165, 1.54) is 0 Å². The Morgan fingerprint density at radius 3 is 2.25 bits per heavy atom. The summed E-state index contributed by atoms with van der Waals surface area (Å²) in [7, 11) is 0. The maximum absolute atomic E-state index is 6.06. The molecule has 24 heavy (non-hydrogen) atoms. The molecule has 1 heterocycles. The van der Waals surface area contributed by atoms with Crippen molar-refractivity contribution in [1.29, 1.82) is 0 Å². The molecule has 3 nitrogen and oxygen atoms in total. The molecule has 3 aromatic carbocycles. The maximum Gasteiger partial charge on any atom is 0.263 e. The van der Waals surface area contributed by atoms with Crippen molar-refractivity contribution in [2.75, 3.05) is 0 Å². The number of para-hydroxylation sites is 1. The largest absolute Gasteiger partial charge is 0.452 e. The predicted molar refractivity (Wildman–Crippen MR) is 94.8 cm³/mol. The normalized spacial score (nSPS) is 10.5. The molecule has 0 aliphatic heterocycles. The molecule has 116 valence electrons. The van der Waals surface area contributed by atoms with Gasteiger partial charge in [0.2, 0.25) is 0 Å². The number of benzene rings is 3. The highest BCUT2D eigenvalue weighted by Crippen LogP contribution is 2.35. The summed E-state index contributed by atoms with van der Waals surface area (Å²) in [4.78, 5) is 4.33. The standard InChI is InChI=1S/C21H15NO2/c1-2-10-17(11-3-1)23-20-14-7-15-22-21(20)24-19-13-6-9-16-8-4-5-12-18(16)19/h1-15H. The molecule has 3 heteroatoms. The Labute approximate surface area is 140 Å². The summed E-state index contributed by atoms with van der Waals surface area (Å²) in [6.07, 6.45) is 1.69. The lowest BCUT2D eigenvalue weighted by Gasteiger charge is -2.12. The van der Waals surface area contributed by atoms with E-state index in [0.717, 1.165) is 22.3 Å². The average molecular weight is 313 g/mol. The van der Waals surface area contributed by atoms with Crippen LogP contribution in [0.5, 0.6) is 23.1 Å². The fourth-order valence-corrected chi connectivity index (χ4v) is 2.53. The Morgan fingerprint density at radius 2 is 1.33 bits per heavy atom. The number of hydrogen-bond donors (Lipinski definition) is 0. The Balaban J connectivity index is 1.70. The molecular weight excluding hydrogens is 298 g/mol. The Morgan fingerprint density at radius 1 is 0.583 bits per heavy atom. The van der Waals surface area contributed by atoms with Crippen LogP contribution in [0.2, 0.25) is 0 Å². The first-order valence-corrected chi connectivity index (χ1v) is 7.74. The summed E-state index contributed by atoms with van der Waals surface area (Å²) >= 11 is 0. The van der Waals surface area contributed by atoms with Crippen LogP contribution in [-0.2, 0) is 0 Å². The molecule has 0 unspecified atom stereocenters. The highest BCUT2D eigenvalue weighted by Gasteiger charge is 2.10. The summed E-state index contributed by atoms with van der Waals surface area (Å²) in [6.45, 7) is 0. The average Bonchev–Trinajstić information content (AvgIpc) is 2.64. The summed E-state index contributed by atoms with van der Waals surface area (Å²) in [5.74, 6) is 2.52. The first-order valence-electron chi connectivity index (χ1n) is 7.74. The van der Waals surface area contributed by atoms with Crippen molar-refractivity contribution < 1.29 is 9.47 Å². The van der Waals surface area contributed by atoms with Gasteiger partial charge in [0.05, 0.1) is 0 Å². The van der Waals surface area contributed by atoms with Gasteiger partial charge in [-0.2, -0.15) is 0 Å². The molecule has 4 rings (SSSR count). The molecule has 0 aliphatic rings. The van der Waals surface area contributed by atoms with Gasteiger partial charge in [-0.25, -0.2) is 4.98 Å². The third-order valence-electron chi connectivity index (χ3n) is 3.66. The molecule has 0 atom stereocenters. The van der Waals surface area contributed by atoms with E-state index in [-0.39, 0.29) is 0 Å². The number of nitrogens with zero attached hydrogens (tertiary/aromatic N) is 1. The second kappa shape index (κ2) is 6.42. The van der Waals surface area contributed by atoms with Crippen LogP contribution in [0.1, 0.15) is 0 Å². The van der Waals surface area contributed by atoms with Gasteiger partial charge in [-0.15, -0.1) is 0 Å². The van der Waals surface area contributed by atoms with Crippen LogP contribution >= 0.6 is 0 Å². The summed E-state index contributed by atoms with van der Waals surface area (Å²) < 4.78 is 12.0. The minimum Gasteiger partial charge on any atom is -0.452 e. The Hall–Kier alpha value is -3.33. The maximum atomic E-state index is 6.06. The minimum absolute atomic E-state index is 0.442. The van der Waals surface area contributed by atoms with Gasteiger partial charge in [-0.3, -0.25) is 0 Å². The van der Waals surface area contributed by atoms with E-state index < -0.39 is 0 Å². The molecular formula is C21H15NO2. The van der Waals surface area contributed by atoms with Crippen LogP contribution in [0.25, 0.3) is 10.8 Å². The highest BCUT2D eigenvalue weighted by atomic mass is 16.5. The molecule has 0 bridgehead atoms. The van der Waals surface area contributed by atoms with Gasteiger partial charge >= 0.3 is 0 Å². The minimum atomic E-state index is 0.442. The molecule has 1 aromatic heterocycles. The predicted octanol–water partition coefficient (Wildman–Crippen LogP) is 5.82. The van der Waals surface area contributed by atoms with Crippen LogP contribution < -0.4 is 9.47 Å². The second-order valence-corrected chi connectivity index (χ2v) is 5.30. The van der Waals surface area contributed by atoms with Crippen molar-refractivity contribution in [1.82, 2.24) is 4.98 Å². The molecule has 4 aromatic rings. The fourth-order valence-electron chi connectivity index (χ4n) is 2.53. The molecule has 0 aliphatic carbocycles. The summed E-state index contributed by atoms with van der Waals surface area (Å²) in [5, 5.41) is 2.16. The van der Waals surface area contributed by atoms with Crippen molar-refractivity contribution >= 4 is 10.8 Å². The summed E-state index contributed by atoms with van der Waals surface area (Å²) in [6, 6.07) is 27.3. The van der Waals surface area contributed by atoms with E-state index in [1.54, 1.807) is 6.20 Å². The molecule has 0 saturated heterocycles. The van der Waals surface area contributed by atoms with Gasteiger partial charge in [-0.1, -0.05) is 54.6 Å². The number of aromatic nitrogens is 1. The van der Waals surface area contributed by atoms with Crippen LogP contribution in [0.4, 0.5) is 0 Å². The van der Waals surface area contributed by atoms with Gasteiger partial charge in [0.25, 0.3) is 5.88 Å². The van der Waals surface area contributed by atoms with Crippen molar-refractivity contribution in [2.45, 2.75) is 0 Å². The Kier molecular flexibility index (Phi) is 3.82. The molecule has 0 amide bonds. The number of fused-ring (bicyclic) bond motifs is 1. The van der Waals surface area contributed by atoms with Crippen molar-refractivity contribution in [3.63, 3.8) is 0 Å². The van der Waals surface area contributed by atoms with Gasteiger partial charge < -0.3 is 9.47 Å². The van der Waals surface area contributed by atoms with E-state index in [0.29, 0.717) is 11.6 Å². The van der Waals surface area contributed by atoms with E-state index in [1.807, 2.05) is 72.8 Å². The molecule has 0 fully saturated rings. The number of ether oxygens (including phenoxy) is 2. The summed E-state index contributed by atoms with van der Waals surface area (Å²) in [5.41, 5.74) is 0. The topological polar surface area (TPSA) is 31.4 Å². The number of rotatable bonds is 4. The molecule has 0 saturated carbocycles. The second-order valence-electron chi connectivity index (χ2n) is 5.30. The zero-order valence-electron chi connectivity index (χ0n) is 12.9. The van der Waals surface area contributed by atoms with Crippen LogP contribution in [0.15, 0.2) is 91.1 Å². The van der Waals surface area contributed by atoms with E-state index in [9.17, 15) is 0 Å². The number of hydrogen-bond acceptors (Lipinski definition) is 3. The zero-order valence-corrected chi connectivity index (χ0v) is 12.9. The van der Waals surface area contributed by atoms with E-state index in [4.69, 9.17) is 9.47 Å². The Bertz CT molecular complexity index is 962. The van der Waals surface area contributed by atoms with Gasteiger partial charge in [-0.05, 0) is 35.7 Å². The van der Waals surface area contributed by atoms with Gasteiger partial charge in [0.15, 0.2) is 5.75 Å². The van der Waals surface area contributed by atoms with E-state index in [2.05, 4.69) is 17.1 Å². The van der Waals surface area contributed by atoms with E-state index >= 15 is 0 Å². The van der Waals surface area contributed by atoms with Crippen LogP contribution in [-0.4, -0.2) is 4.98 Å². The monoisotopic (exact) mass is 313 g/mol. The third kappa shape index (κ3) is 2.92. The quantitative estimate of drug-likeness (QED) is 0.476. The lowest BCUT2D eigenvalue weighted by atomic mass is 10.1. The van der Waals surface area contributed by atoms with Crippen molar-refractivity contribution in [3.05, 3.63) is 91.1 Å². The fraction of sp³-hybridized carbons (Fsp3) is 0. The lowest BCUT2D eigenvalue weighted by Crippen LogP contribution is -1.93. The molecule has 0 radical (unpaired) electrons. The van der Waals surface area contributed by atoms with Gasteiger partial charge in [0, 0.05) is 11.6 Å². The van der Waals surface area contributed by atoms with Crippen molar-refractivity contribution in [3.8, 4) is 23.1 Å². The molecule has 0 spiro atoms.